The van der Waals surface area contributed by atoms with Gasteiger partial charge in [0.25, 0.3) is 5.56 Å². The average Bonchev–Trinajstić information content (AvgIpc) is 3.55. The van der Waals surface area contributed by atoms with Gasteiger partial charge in [-0.15, -0.1) is 0 Å². The molecule has 0 aromatic carbocycles. The molecular weight excluding hydrogens is 412 g/mol. The molecule has 1 aliphatic heterocycles. The third-order valence-electron chi connectivity index (χ3n) is 7.58. The van der Waals surface area contributed by atoms with Crippen LogP contribution in [-0.2, 0) is 21.2 Å². The third kappa shape index (κ3) is 5.09. The van der Waals surface area contributed by atoms with E-state index in [-0.39, 0.29) is 29.0 Å². The van der Waals surface area contributed by atoms with Crippen LogP contribution in [0.3, 0.4) is 0 Å². The first kappa shape index (κ1) is 23.0. The van der Waals surface area contributed by atoms with E-state index in [0.29, 0.717) is 36.3 Å². The maximum absolute atomic E-state index is 13.0. The fraction of sp³-hybridized carbons (Fsp3) is 0.792. The molecule has 1 aromatic heterocycles. The number of hydrogen-bond donors (Lipinski definition) is 1. The van der Waals surface area contributed by atoms with E-state index in [1.54, 1.807) is 4.57 Å². The summed E-state index contributed by atoms with van der Waals surface area (Å²) in [5.41, 5.74) is 1.95. The van der Waals surface area contributed by atoms with Gasteiger partial charge >= 0.3 is 0 Å². The quantitative estimate of drug-likeness (QED) is 0.717. The van der Waals surface area contributed by atoms with Crippen molar-refractivity contribution in [2.45, 2.75) is 102 Å². The van der Waals surface area contributed by atoms with Crippen LogP contribution in [0, 0.1) is 18.3 Å². The lowest BCUT2D eigenvalue weighted by Crippen LogP contribution is -2.50. The molecule has 7 heteroatoms. The van der Waals surface area contributed by atoms with E-state index in [2.05, 4.69) is 25.5 Å². The first-order chi connectivity index (χ1) is 14.6. The Morgan fingerprint density at radius 1 is 1.06 bits per heavy atom. The van der Waals surface area contributed by atoms with Gasteiger partial charge in [0.05, 0.1) is 24.0 Å². The van der Waals surface area contributed by atoms with E-state index in [1.165, 1.54) is 0 Å². The van der Waals surface area contributed by atoms with Gasteiger partial charge in [-0.25, -0.2) is 13.1 Å². The minimum atomic E-state index is -3.33. The molecule has 0 amide bonds. The van der Waals surface area contributed by atoms with Crippen molar-refractivity contribution in [1.29, 1.82) is 0 Å². The molecule has 4 rings (SSSR count). The topological polar surface area (TPSA) is 77.4 Å². The van der Waals surface area contributed by atoms with Gasteiger partial charge in [0, 0.05) is 17.3 Å². The van der Waals surface area contributed by atoms with Crippen LogP contribution in [0.15, 0.2) is 16.9 Å². The SMILES string of the molecule is Cc1ccc2n(c1=O)[C@@H](COC1CCC(C(C)(C)C)CC1)[C@@H](NS(=O)(=O)C1CC1)CC2. The van der Waals surface area contributed by atoms with Crippen LogP contribution < -0.4 is 10.3 Å². The van der Waals surface area contributed by atoms with Gasteiger partial charge in [-0.1, -0.05) is 26.8 Å². The number of ether oxygens (including phenoxy) is 1. The Labute approximate surface area is 186 Å². The fourth-order valence-corrected chi connectivity index (χ4v) is 6.93. The molecule has 2 fully saturated rings. The van der Waals surface area contributed by atoms with Crippen LogP contribution in [0.1, 0.15) is 83.0 Å². The highest BCUT2D eigenvalue weighted by atomic mass is 32.2. The lowest BCUT2D eigenvalue weighted by Gasteiger charge is -2.39. The number of nitrogens with zero attached hydrogens (tertiary/aromatic N) is 1. The first-order valence-electron chi connectivity index (χ1n) is 11.9. The number of rotatable bonds is 6. The summed E-state index contributed by atoms with van der Waals surface area (Å²) in [6, 6.07) is 3.27. The monoisotopic (exact) mass is 450 g/mol. The molecule has 6 nitrogen and oxygen atoms in total. The van der Waals surface area contributed by atoms with Crippen LogP contribution in [0.2, 0.25) is 0 Å². The Balaban J connectivity index is 1.50. The van der Waals surface area contributed by atoms with Crippen LogP contribution >= 0.6 is 0 Å². The van der Waals surface area contributed by atoms with Crippen molar-refractivity contribution in [3.63, 3.8) is 0 Å². The van der Waals surface area contributed by atoms with Crippen molar-refractivity contribution >= 4 is 10.0 Å². The summed E-state index contributed by atoms with van der Waals surface area (Å²) < 4.78 is 36.4. The summed E-state index contributed by atoms with van der Waals surface area (Å²) >= 11 is 0. The van der Waals surface area contributed by atoms with Crippen molar-refractivity contribution in [2.75, 3.05) is 6.61 Å². The zero-order valence-corrected chi connectivity index (χ0v) is 20.2. The van der Waals surface area contributed by atoms with Gasteiger partial charge in [0.15, 0.2) is 0 Å². The summed E-state index contributed by atoms with van der Waals surface area (Å²) in [7, 11) is -3.33. The zero-order chi connectivity index (χ0) is 22.4. The van der Waals surface area contributed by atoms with E-state index in [4.69, 9.17) is 4.74 Å². The molecule has 2 heterocycles. The number of nitrogens with one attached hydrogen (secondary N) is 1. The standard InChI is InChI=1S/C24H38N2O4S/c1-16-5-8-18-9-14-21(25-31(28,29)20-12-13-20)22(26(18)23(16)27)15-30-19-10-6-17(7-11-19)24(2,3)4/h5,8,17,19-22,25H,6-7,9-15H2,1-4H3/t17?,19?,21-,22-/m0/s1. The number of aromatic nitrogens is 1. The Kier molecular flexibility index (Phi) is 6.41. The predicted octanol–water partition coefficient (Wildman–Crippen LogP) is 3.72. The molecule has 174 valence electrons. The fourth-order valence-electron chi connectivity index (χ4n) is 5.28. The number of pyridine rings is 1. The molecule has 1 N–H and O–H groups in total. The second-order valence-electron chi connectivity index (χ2n) is 10.9. The van der Waals surface area contributed by atoms with Crippen molar-refractivity contribution in [3.05, 3.63) is 33.7 Å². The lowest BCUT2D eigenvalue weighted by molar-refractivity contribution is -0.0170. The zero-order valence-electron chi connectivity index (χ0n) is 19.4. The normalized spacial score (nSPS) is 29.5. The van der Waals surface area contributed by atoms with Crippen molar-refractivity contribution in [1.82, 2.24) is 9.29 Å². The maximum Gasteiger partial charge on any atom is 0.254 e. The molecule has 31 heavy (non-hydrogen) atoms. The van der Waals surface area contributed by atoms with E-state index < -0.39 is 10.0 Å². The van der Waals surface area contributed by atoms with Crippen LogP contribution in [0.4, 0.5) is 0 Å². The number of hydrogen-bond acceptors (Lipinski definition) is 4. The Hall–Kier alpha value is -1.18. The summed E-state index contributed by atoms with van der Waals surface area (Å²) in [6.07, 6.45) is 7.42. The molecule has 2 saturated carbocycles. The van der Waals surface area contributed by atoms with Gasteiger partial charge in [0.2, 0.25) is 10.0 Å². The molecule has 0 unspecified atom stereocenters. The van der Waals surface area contributed by atoms with E-state index in [1.807, 2.05) is 19.1 Å². The van der Waals surface area contributed by atoms with Gasteiger partial charge in [-0.3, -0.25) is 4.79 Å². The summed E-state index contributed by atoms with van der Waals surface area (Å²) in [5, 5.41) is -0.266. The maximum atomic E-state index is 13.0. The molecule has 3 aliphatic rings. The van der Waals surface area contributed by atoms with E-state index in [9.17, 15) is 13.2 Å². The second-order valence-corrected chi connectivity index (χ2v) is 12.9. The minimum absolute atomic E-state index is 0.0298. The second kappa shape index (κ2) is 8.64. The molecule has 1 aromatic rings. The summed E-state index contributed by atoms with van der Waals surface area (Å²) in [6.45, 7) is 9.12. The molecule has 0 saturated heterocycles. The average molecular weight is 451 g/mol. The lowest BCUT2D eigenvalue weighted by atomic mass is 9.72. The summed E-state index contributed by atoms with van der Waals surface area (Å²) in [4.78, 5) is 13.0. The van der Waals surface area contributed by atoms with Crippen molar-refractivity contribution in [3.8, 4) is 0 Å². The predicted molar refractivity (Wildman–Crippen MR) is 123 cm³/mol. The van der Waals surface area contributed by atoms with Gasteiger partial charge in [-0.05, 0) is 75.7 Å². The van der Waals surface area contributed by atoms with Crippen LogP contribution in [0.5, 0.6) is 0 Å². The van der Waals surface area contributed by atoms with Gasteiger partial charge in [0.1, 0.15) is 0 Å². The molecule has 2 aliphatic carbocycles. The Morgan fingerprint density at radius 3 is 2.35 bits per heavy atom. The largest absolute Gasteiger partial charge is 0.376 e. The van der Waals surface area contributed by atoms with Crippen LogP contribution in [0.25, 0.3) is 0 Å². The molecule has 2 atom stereocenters. The van der Waals surface area contributed by atoms with Crippen molar-refractivity contribution in [2.24, 2.45) is 11.3 Å². The number of fused-ring (bicyclic) bond motifs is 1. The number of sulfonamides is 1. The summed E-state index contributed by atoms with van der Waals surface area (Å²) in [5.74, 6) is 0.714. The van der Waals surface area contributed by atoms with E-state index >= 15 is 0 Å². The third-order valence-corrected chi connectivity index (χ3v) is 9.56. The Bertz CT molecular complexity index is 951. The highest BCUT2D eigenvalue weighted by Gasteiger charge is 2.41. The highest BCUT2D eigenvalue weighted by molar-refractivity contribution is 7.90. The van der Waals surface area contributed by atoms with E-state index in [0.717, 1.165) is 44.2 Å². The minimum Gasteiger partial charge on any atom is -0.376 e. The Morgan fingerprint density at radius 2 is 1.74 bits per heavy atom. The molecule has 0 spiro atoms. The van der Waals surface area contributed by atoms with Gasteiger partial charge in [-0.2, -0.15) is 0 Å². The number of aryl methyl sites for hydroxylation is 2. The highest BCUT2D eigenvalue weighted by Crippen LogP contribution is 2.39. The van der Waals surface area contributed by atoms with Crippen LogP contribution in [-0.4, -0.2) is 37.0 Å². The first-order valence-corrected chi connectivity index (χ1v) is 13.4. The van der Waals surface area contributed by atoms with Crippen molar-refractivity contribution < 1.29 is 13.2 Å². The molecule has 0 bridgehead atoms. The smallest absolute Gasteiger partial charge is 0.254 e. The molecule has 0 radical (unpaired) electrons. The van der Waals surface area contributed by atoms with Gasteiger partial charge < -0.3 is 9.30 Å². The molecular formula is C24H38N2O4S.